The Morgan fingerprint density at radius 1 is 1.25 bits per heavy atom. The minimum Gasteiger partial charge on any atom is -0.469 e. The lowest BCUT2D eigenvalue weighted by molar-refractivity contribution is -0.162. The molecular formula is C11H18O5. The molecule has 1 aliphatic carbocycles. The molecule has 16 heavy (non-hydrogen) atoms. The Hall–Kier alpha value is -1.10. The Kier molecular flexibility index (Phi) is 4.29. The summed E-state index contributed by atoms with van der Waals surface area (Å²) in [5, 5.41) is 9.31. The molecule has 0 unspecified atom stereocenters. The van der Waals surface area contributed by atoms with Crippen LogP contribution in [0.2, 0.25) is 0 Å². The monoisotopic (exact) mass is 230 g/mol. The lowest BCUT2D eigenvalue weighted by atomic mass is 9.71. The number of ether oxygens (including phenoxy) is 2. The molecule has 5 heteroatoms. The standard InChI is InChI=1S/C11H18O5/c1-15-9(13)8-3-5-11(7-12,6-4-8)10(14)16-2/h8,12H,3-7H2,1-2H3. The summed E-state index contributed by atoms with van der Waals surface area (Å²) in [6.07, 6.45) is 2.05. The quantitative estimate of drug-likeness (QED) is 0.715. The van der Waals surface area contributed by atoms with E-state index < -0.39 is 11.4 Å². The van der Waals surface area contributed by atoms with Crippen LogP contribution in [-0.4, -0.2) is 37.9 Å². The van der Waals surface area contributed by atoms with E-state index in [-0.39, 0.29) is 18.5 Å². The molecule has 0 heterocycles. The van der Waals surface area contributed by atoms with Crippen LogP contribution < -0.4 is 0 Å². The number of carbonyl (C=O) groups excluding carboxylic acids is 2. The van der Waals surface area contributed by atoms with Gasteiger partial charge in [-0.15, -0.1) is 0 Å². The molecule has 1 saturated carbocycles. The first-order valence-electron chi connectivity index (χ1n) is 5.37. The van der Waals surface area contributed by atoms with Crippen molar-refractivity contribution in [2.75, 3.05) is 20.8 Å². The first kappa shape index (κ1) is 13.0. The van der Waals surface area contributed by atoms with E-state index in [9.17, 15) is 14.7 Å². The predicted molar refractivity (Wildman–Crippen MR) is 55.5 cm³/mol. The van der Waals surface area contributed by atoms with Crippen LogP contribution in [0.3, 0.4) is 0 Å². The minimum atomic E-state index is -0.820. The molecule has 0 amide bonds. The smallest absolute Gasteiger partial charge is 0.314 e. The van der Waals surface area contributed by atoms with E-state index in [2.05, 4.69) is 4.74 Å². The Bertz CT molecular complexity index is 266. The summed E-state index contributed by atoms with van der Waals surface area (Å²) >= 11 is 0. The van der Waals surface area contributed by atoms with Gasteiger partial charge in [-0.25, -0.2) is 0 Å². The molecule has 92 valence electrons. The summed E-state index contributed by atoms with van der Waals surface area (Å²) < 4.78 is 9.35. The molecule has 5 nitrogen and oxygen atoms in total. The Labute approximate surface area is 94.7 Å². The third-order valence-electron chi connectivity index (χ3n) is 3.40. The third kappa shape index (κ3) is 2.35. The molecule has 0 spiro atoms. The van der Waals surface area contributed by atoms with Gasteiger partial charge in [-0.1, -0.05) is 0 Å². The Balaban J connectivity index is 2.64. The fourth-order valence-electron chi connectivity index (χ4n) is 2.22. The zero-order chi connectivity index (χ0) is 12.2. The highest BCUT2D eigenvalue weighted by Crippen LogP contribution is 2.39. The SMILES string of the molecule is COC(=O)C1CCC(CO)(C(=O)OC)CC1. The molecule has 1 aliphatic rings. The van der Waals surface area contributed by atoms with Gasteiger partial charge in [-0.3, -0.25) is 9.59 Å². The van der Waals surface area contributed by atoms with Crippen molar-refractivity contribution in [3.63, 3.8) is 0 Å². The summed E-state index contributed by atoms with van der Waals surface area (Å²) in [6.45, 7) is -0.229. The molecule has 0 aromatic heterocycles. The van der Waals surface area contributed by atoms with Crippen LogP contribution in [0.25, 0.3) is 0 Å². The fraction of sp³-hybridized carbons (Fsp3) is 0.818. The molecule has 1 N–H and O–H groups in total. The molecule has 0 bridgehead atoms. The van der Waals surface area contributed by atoms with Crippen molar-refractivity contribution < 1.29 is 24.2 Å². The van der Waals surface area contributed by atoms with E-state index in [0.717, 1.165) is 0 Å². The van der Waals surface area contributed by atoms with E-state index >= 15 is 0 Å². The fourth-order valence-corrected chi connectivity index (χ4v) is 2.22. The first-order valence-corrected chi connectivity index (χ1v) is 5.37. The van der Waals surface area contributed by atoms with Crippen molar-refractivity contribution in [2.45, 2.75) is 25.7 Å². The second-order valence-corrected chi connectivity index (χ2v) is 4.23. The summed E-state index contributed by atoms with van der Waals surface area (Å²) in [4.78, 5) is 22.9. The third-order valence-corrected chi connectivity index (χ3v) is 3.40. The number of rotatable bonds is 3. The van der Waals surface area contributed by atoms with Gasteiger partial charge in [0, 0.05) is 0 Å². The van der Waals surface area contributed by atoms with Gasteiger partial charge >= 0.3 is 11.9 Å². The van der Waals surface area contributed by atoms with Gasteiger partial charge in [0.15, 0.2) is 0 Å². The lowest BCUT2D eigenvalue weighted by Crippen LogP contribution is -2.41. The van der Waals surface area contributed by atoms with Crippen molar-refractivity contribution in [2.24, 2.45) is 11.3 Å². The van der Waals surface area contributed by atoms with Gasteiger partial charge < -0.3 is 14.6 Å². The van der Waals surface area contributed by atoms with E-state index in [1.54, 1.807) is 0 Å². The first-order chi connectivity index (χ1) is 7.59. The summed E-state index contributed by atoms with van der Waals surface area (Å²) in [5.74, 6) is -0.788. The van der Waals surface area contributed by atoms with Crippen LogP contribution in [0.1, 0.15) is 25.7 Å². The lowest BCUT2D eigenvalue weighted by Gasteiger charge is -2.35. The number of methoxy groups -OCH3 is 2. The topological polar surface area (TPSA) is 72.8 Å². The zero-order valence-corrected chi connectivity index (χ0v) is 9.69. The molecule has 0 aromatic rings. The molecule has 0 aromatic carbocycles. The molecule has 0 radical (unpaired) electrons. The van der Waals surface area contributed by atoms with Crippen LogP contribution >= 0.6 is 0 Å². The highest BCUT2D eigenvalue weighted by molar-refractivity contribution is 5.78. The Morgan fingerprint density at radius 3 is 2.19 bits per heavy atom. The maximum absolute atomic E-state index is 11.6. The number of hydrogen-bond donors (Lipinski definition) is 1. The van der Waals surface area contributed by atoms with Crippen molar-refractivity contribution in [3.05, 3.63) is 0 Å². The van der Waals surface area contributed by atoms with Crippen LogP contribution in [0.15, 0.2) is 0 Å². The highest BCUT2D eigenvalue weighted by atomic mass is 16.5. The predicted octanol–water partition coefficient (Wildman–Crippen LogP) is 0.501. The van der Waals surface area contributed by atoms with Gasteiger partial charge in [0.05, 0.1) is 32.2 Å². The molecule has 0 saturated heterocycles. The number of aliphatic hydroxyl groups excluding tert-OH is 1. The van der Waals surface area contributed by atoms with Crippen molar-refractivity contribution in [3.8, 4) is 0 Å². The van der Waals surface area contributed by atoms with Gasteiger partial charge in [-0.05, 0) is 25.7 Å². The van der Waals surface area contributed by atoms with Gasteiger partial charge in [0.1, 0.15) is 0 Å². The summed E-state index contributed by atoms with van der Waals surface area (Å²) in [5.41, 5.74) is -0.820. The minimum absolute atomic E-state index is 0.158. The molecule has 1 rings (SSSR count). The zero-order valence-electron chi connectivity index (χ0n) is 9.69. The van der Waals surface area contributed by atoms with Crippen LogP contribution in [0, 0.1) is 11.3 Å². The maximum Gasteiger partial charge on any atom is 0.314 e. The van der Waals surface area contributed by atoms with Crippen molar-refractivity contribution in [1.82, 2.24) is 0 Å². The molecule has 0 aliphatic heterocycles. The van der Waals surface area contributed by atoms with Crippen molar-refractivity contribution in [1.29, 1.82) is 0 Å². The summed E-state index contributed by atoms with van der Waals surface area (Å²) in [7, 11) is 2.67. The molecular weight excluding hydrogens is 212 g/mol. The molecule has 1 fully saturated rings. The number of carbonyl (C=O) groups is 2. The normalized spacial score (nSPS) is 29.6. The average Bonchev–Trinajstić information content (AvgIpc) is 2.36. The second-order valence-electron chi connectivity index (χ2n) is 4.23. The van der Waals surface area contributed by atoms with Crippen LogP contribution in [0.5, 0.6) is 0 Å². The van der Waals surface area contributed by atoms with Gasteiger partial charge in [-0.2, -0.15) is 0 Å². The molecule has 0 atom stereocenters. The van der Waals surface area contributed by atoms with Gasteiger partial charge in [0.2, 0.25) is 0 Å². The number of hydrogen-bond acceptors (Lipinski definition) is 5. The van der Waals surface area contributed by atoms with E-state index in [1.165, 1.54) is 14.2 Å². The highest BCUT2D eigenvalue weighted by Gasteiger charge is 2.43. The van der Waals surface area contributed by atoms with E-state index in [1.807, 2.05) is 0 Å². The van der Waals surface area contributed by atoms with Crippen molar-refractivity contribution >= 4 is 11.9 Å². The maximum atomic E-state index is 11.6. The second kappa shape index (κ2) is 5.30. The number of esters is 2. The number of aliphatic hydroxyl groups is 1. The van der Waals surface area contributed by atoms with Gasteiger partial charge in [0.25, 0.3) is 0 Å². The van der Waals surface area contributed by atoms with Crippen LogP contribution in [-0.2, 0) is 19.1 Å². The van der Waals surface area contributed by atoms with E-state index in [4.69, 9.17) is 4.74 Å². The summed E-state index contributed by atoms with van der Waals surface area (Å²) in [6, 6.07) is 0. The average molecular weight is 230 g/mol. The van der Waals surface area contributed by atoms with E-state index in [0.29, 0.717) is 25.7 Å². The Morgan fingerprint density at radius 2 is 1.81 bits per heavy atom. The largest absolute Gasteiger partial charge is 0.469 e. The van der Waals surface area contributed by atoms with Crippen LogP contribution in [0.4, 0.5) is 0 Å².